The molecule has 0 saturated heterocycles. The molecule has 1 aromatic carbocycles. The largest absolute Gasteiger partial charge is 0.478 e. The number of carbonyl (C=O) groups is 2. The summed E-state index contributed by atoms with van der Waals surface area (Å²) in [6.45, 7) is 7.80. The molecule has 4 nitrogen and oxygen atoms in total. The smallest absolute Gasteiger partial charge is 0.328 e. The fourth-order valence-corrected chi connectivity index (χ4v) is 1.53. The van der Waals surface area contributed by atoms with Crippen molar-refractivity contribution in [3.8, 4) is 0 Å². The highest BCUT2D eigenvalue weighted by atomic mass is 16.4. The number of amides is 1. The molecule has 0 unspecified atom stereocenters. The zero-order valence-electron chi connectivity index (χ0n) is 11.7. The lowest BCUT2D eigenvalue weighted by Gasteiger charge is -2.19. The first-order valence-electron chi connectivity index (χ1n) is 6.03. The number of rotatable bonds is 3. The Kier molecular flexibility index (Phi) is 4.48. The summed E-state index contributed by atoms with van der Waals surface area (Å²) in [5.74, 6) is -1.54. The standard InChI is InChI=1S/C15H19NO3/c1-10(9-13(17)18)14(19)16-12-7-5-11(6-8-12)15(2,3)4/h5-9H,1-4H3,(H,16,19)(H,17,18)/b10-9+. The molecule has 1 aromatic rings. The highest BCUT2D eigenvalue weighted by Gasteiger charge is 2.13. The first kappa shape index (κ1) is 15.0. The van der Waals surface area contributed by atoms with Gasteiger partial charge in [-0.1, -0.05) is 32.9 Å². The van der Waals surface area contributed by atoms with Gasteiger partial charge in [0.2, 0.25) is 0 Å². The maximum Gasteiger partial charge on any atom is 0.328 e. The van der Waals surface area contributed by atoms with E-state index in [-0.39, 0.29) is 11.0 Å². The molecule has 0 radical (unpaired) electrons. The van der Waals surface area contributed by atoms with E-state index in [2.05, 4.69) is 26.1 Å². The van der Waals surface area contributed by atoms with E-state index in [1.54, 1.807) is 0 Å². The lowest BCUT2D eigenvalue weighted by atomic mass is 9.87. The van der Waals surface area contributed by atoms with E-state index in [0.717, 1.165) is 6.08 Å². The summed E-state index contributed by atoms with van der Waals surface area (Å²) in [5.41, 5.74) is 2.04. The van der Waals surface area contributed by atoms with Crippen molar-refractivity contribution in [1.29, 1.82) is 0 Å². The molecule has 0 atom stereocenters. The SMILES string of the molecule is C/C(=C\C(=O)O)C(=O)Nc1ccc(C(C)(C)C)cc1. The Morgan fingerprint density at radius 3 is 2.11 bits per heavy atom. The summed E-state index contributed by atoms with van der Waals surface area (Å²) >= 11 is 0. The van der Waals surface area contributed by atoms with Gasteiger partial charge in [-0.15, -0.1) is 0 Å². The normalized spacial score (nSPS) is 12.1. The highest BCUT2D eigenvalue weighted by Crippen LogP contribution is 2.23. The van der Waals surface area contributed by atoms with Gasteiger partial charge in [0.1, 0.15) is 0 Å². The van der Waals surface area contributed by atoms with Crippen LogP contribution in [0.25, 0.3) is 0 Å². The van der Waals surface area contributed by atoms with Crippen molar-refractivity contribution in [2.24, 2.45) is 0 Å². The third-order valence-corrected chi connectivity index (χ3v) is 2.71. The van der Waals surface area contributed by atoms with Gasteiger partial charge in [0, 0.05) is 17.3 Å². The molecule has 1 rings (SSSR count). The van der Waals surface area contributed by atoms with Crippen LogP contribution in [0.1, 0.15) is 33.3 Å². The van der Waals surface area contributed by atoms with Crippen LogP contribution in [0.5, 0.6) is 0 Å². The third-order valence-electron chi connectivity index (χ3n) is 2.71. The molecule has 0 saturated carbocycles. The average molecular weight is 261 g/mol. The average Bonchev–Trinajstić information content (AvgIpc) is 2.27. The third kappa shape index (κ3) is 4.58. The number of carbonyl (C=O) groups excluding carboxylic acids is 1. The lowest BCUT2D eigenvalue weighted by molar-refractivity contribution is -0.131. The van der Waals surface area contributed by atoms with E-state index in [9.17, 15) is 9.59 Å². The molecule has 2 N–H and O–H groups in total. The van der Waals surface area contributed by atoms with Gasteiger partial charge in [0.15, 0.2) is 0 Å². The van der Waals surface area contributed by atoms with Crippen molar-refractivity contribution >= 4 is 17.6 Å². The van der Waals surface area contributed by atoms with Crippen molar-refractivity contribution in [2.75, 3.05) is 5.32 Å². The Balaban J connectivity index is 2.79. The molecular formula is C15H19NO3. The maximum absolute atomic E-state index is 11.7. The molecule has 1 amide bonds. The van der Waals surface area contributed by atoms with E-state index in [1.165, 1.54) is 12.5 Å². The van der Waals surface area contributed by atoms with Crippen molar-refractivity contribution in [3.63, 3.8) is 0 Å². The van der Waals surface area contributed by atoms with Gasteiger partial charge in [-0.2, -0.15) is 0 Å². The Hall–Kier alpha value is -2.10. The number of aliphatic carboxylic acids is 1. The van der Waals surface area contributed by atoms with Gasteiger partial charge < -0.3 is 10.4 Å². The van der Waals surface area contributed by atoms with E-state index >= 15 is 0 Å². The molecule has 0 aliphatic rings. The molecule has 0 aromatic heterocycles. The predicted octanol–water partition coefficient (Wildman–Crippen LogP) is 2.95. The van der Waals surface area contributed by atoms with Crippen LogP contribution in [0, 0.1) is 0 Å². The summed E-state index contributed by atoms with van der Waals surface area (Å²) in [6.07, 6.45) is 0.888. The number of carboxylic acid groups (broad SMARTS) is 1. The van der Waals surface area contributed by atoms with Crippen LogP contribution in [0.2, 0.25) is 0 Å². The zero-order chi connectivity index (χ0) is 14.6. The molecule has 0 bridgehead atoms. The number of nitrogens with one attached hydrogen (secondary N) is 1. The second kappa shape index (κ2) is 5.69. The minimum absolute atomic E-state index is 0.0572. The first-order valence-corrected chi connectivity index (χ1v) is 6.03. The van der Waals surface area contributed by atoms with E-state index in [1.807, 2.05) is 24.3 Å². The molecule has 0 aliphatic heterocycles. The molecule has 0 aliphatic carbocycles. The van der Waals surface area contributed by atoms with Gasteiger partial charge in [-0.25, -0.2) is 4.79 Å². The molecule has 102 valence electrons. The second-order valence-corrected chi connectivity index (χ2v) is 5.45. The summed E-state index contributed by atoms with van der Waals surface area (Å²) in [7, 11) is 0. The topological polar surface area (TPSA) is 66.4 Å². The number of anilines is 1. The van der Waals surface area contributed by atoms with Crippen LogP contribution in [0.15, 0.2) is 35.9 Å². The highest BCUT2D eigenvalue weighted by molar-refractivity contribution is 6.06. The Morgan fingerprint density at radius 1 is 1.16 bits per heavy atom. The molecule has 4 heteroatoms. The number of hydrogen-bond donors (Lipinski definition) is 2. The molecule has 0 heterocycles. The summed E-state index contributed by atoms with van der Waals surface area (Å²) in [5, 5.41) is 11.2. The second-order valence-electron chi connectivity index (χ2n) is 5.45. The quantitative estimate of drug-likeness (QED) is 0.822. The van der Waals surface area contributed by atoms with Crippen molar-refractivity contribution in [2.45, 2.75) is 33.1 Å². The number of carboxylic acids is 1. The van der Waals surface area contributed by atoms with Gasteiger partial charge in [0.25, 0.3) is 5.91 Å². The van der Waals surface area contributed by atoms with Gasteiger partial charge in [0.05, 0.1) is 0 Å². The summed E-state index contributed by atoms with van der Waals surface area (Å²) in [6, 6.07) is 7.52. The monoisotopic (exact) mass is 261 g/mol. The van der Waals surface area contributed by atoms with Crippen molar-refractivity contribution < 1.29 is 14.7 Å². The van der Waals surface area contributed by atoms with Crippen LogP contribution >= 0.6 is 0 Å². The first-order chi connectivity index (χ1) is 8.70. The van der Waals surface area contributed by atoms with Crippen LogP contribution in [-0.2, 0) is 15.0 Å². The van der Waals surface area contributed by atoms with Gasteiger partial charge >= 0.3 is 5.97 Å². The Labute approximate surface area is 113 Å². The number of hydrogen-bond acceptors (Lipinski definition) is 2. The predicted molar refractivity (Wildman–Crippen MR) is 75.2 cm³/mol. The van der Waals surface area contributed by atoms with Crippen molar-refractivity contribution in [3.05, 3.63) is 41.5 Å². The molecule has 19 heavy (non-hydrogen) atoms. The van der Waals surface area contributed by atoms with E-state index in [4.69, 9.17) is 5.11 Å². The molecule has 0 fully saturated rings. The van der Waals surface area contributed by atoms with Crippen LogP contribution in [0.4, 0.5) is 5.69 Å². The molecule has 0 spiro atoms. The minimum Gasteiger partial charge on any atom is -0.478 e. The fourth-order valence-electron chi connectivity index (χ4n) is 1.53. The minimum atomic E-state index is -1.13. The zero-order valence-corrected chi connectivity index (χ0v) is 11.7. The maximum atomic E-state index is 11.7. The fraction of sp³-hybridized carbons (Fsp3) is 0.333. The Morgan fingerprint density at radius 2 is 1.68 bits per heavy atom. The lowest BCUT2D eigenvalue weighted by Crippen LogP contribution is -2.14. The Bertz CT molecular complexity index is 507. The van der Waals surface area contributed by atoms with Crippen LogP contribution in [-0.4, -0.2) is 17.0 Å². The van der Waals surface area contributed by atoms with Gasteiger partial charge in [-0.3, -0.25) is 4.79 Å². The van der Waals surface area contributed by atoms with E-state index in [0.29, 0.717) is 5.69 Å². The van der Waals surface area contributed by atoms with Crippen LogP contribution in [0.3, 0.4) is 0 Å². The van der Waals surface area contributed by atoms with Crippen molar-refractivity contribution in [1.82, 2.24) is 0 Å². The molecular weight excluding hydrogens is 242 g/mol. The van der Waals surface area contributed by atoms with Gasteiger partial charge in [-0.05, 0) is 30.0 Å². The number of benzene rings is 1. The van der Waals surface area contributed by atoms with Crippen LogP contribution < -0.4 is 5.32 Å². The van der Waals surface area contributed by atoms with E-state index < -0.39 is 11.9 Å². The summed E-state index contributed by atoms with van der Waals surface area (Å²) in [4.78, 5) is 22.2. The summed E-state index contributed by atoms with van der Waals surface area (Å²) < 4.78 is 0.